The number of carbonyl (C=O) groups is 1. The van der Waals surface area contributed by atoms with E-state index in [2.05, 4.69) is 6.58 Å². The molecule has 0 aliphatic rings. The quantitative estimate of drug-likeness (QED) is 0.458. The highest BCUT2D eigenvalue weighted by molar-refractivity contribution is 5.95. The Kier molecular flexibility index (Phi) is 5.31. The molecule has 0 fully saturated rings. The van der Waals surface area contributed by atoms with Crippen molar-refractivity contribution in [3.05, 3.63) is 52.1 Å². The minimum Gasteiger partial charge on any atom is -0.335 e. The van der Waals surface area contributed by atoms with Crippen LogP contribution >= 0.6 is 0 Å². The van der Waals surface area contributed by atoms with E-state index >= 15 is 0 Å². The van der Waals surface area contributed by atoms with Crippen LogP contribution in [0.1, 0.15) is 23.7 Å². The van der Waals surface area contributed by atoms with E-state index in [0.717, 1.165) is 0 Å². The Labute approximate surface area is 114 Å². The maximum Gasteiger partial charge on any atom is 0.308 e. The first kappa shape index (κ1) is 15.7. The van der Waals surface area contributed by atoms with Crippen LogP contribution in [-0.4, -0.2) is 28.8 Å². The lowest BCUT2D eigenvalue weighted by molar-refractivity contribution is -0.387. The van der Waals surface area contributed by atoms with Crippen LogP contribution in [0.4, 0.5) is 14.5 Å². The number of benzene rings is 1. The van der Waals surface area contributed by atoms with Crippen molar-refractivity contribution in [3.8, 4) is 0 Å². The maximum absolute atomic E-state index is 13.9. The molecule has 0 unspecified atom stereocenters. The first-order valence-corrected chi connectivity index (χ1v) is 5.96. The van der Waals surface area contributed by atoms with Crippen molar-refractivity contribution in [2.24, 2.45) is 0 Å². The van der Waals surface area contributed by atoms with E-state index < -0.39 is 33.7 Å². The van der Waals surface area contributed by atoms with Gasteiger partial charge in [0.2, 0.25) is 5.82 Å². The van der Waals surface area contributed by atoms with Crippen molar-refractivity contribution in [2.45, 2.75) is 13.3 Å². The summed E-state index contributed by atoms with van der Waals surface area (Å²) in [5, 5.41) is 10.6. The van der Waals surface area contributed by atoms with Crippen LogP contribution in [-0.2, 0) is 0 Å². The van der Waals surface area contributed by atoms with Crippen molar-refractivity contribution in [1.29, 1.82) is 0 Å². The summed E-state index contributed by atoms with van der Waals surface area (Å²) in [6.07, 6.45) is 2.05. The molecule has 0 bridgehead atoms. The van der Waals surface area contributed by atoms with Crippen LogP contribution in [0.25, 0.3) is 0 Å². The third-order valence-electron chi connectivity index (χ3n) is 2.58. The van der Waals surface area contributed by atoms with Gasteiger partial charge in [0.15, 0.2) is 0 Å². The Morgan fingerprint density at radius 3 is 2.65 bits per heavy atom. The van der Waals surface area contributed by atoms with Gasteiger partial charge in [-0.1, -0.05) is 13.0 Å². The van der Waals surface area contributed by atoms with Gasteiger partial charge in [0.1, 0.15) is 5.82 Å². The number of nitro groups is 1. The van der Waals surface area contributed by atoms with Crippen LogP contribution in [0.2, 0.25) is 0 Å². The summed E-state index contributed by atoms with van der Waals surface area (Å²) in [4.78, 5) is 22.9. The zero-order valence-corrected chi connectivity index (χ0v) is 10.9. The lowest BCUT2D eigenvalue weighted by Gasteiger charge is -2.20. The highest BCUT2D eigenvalue weighted by Crippen LogP contribution is 2.23. The van der Waals surface area contributed by atoms with Gasteiger partial charge in [-0.3, -0.25) is 14.9 Å². The molecule has 0 radical (unpaired) electrons. The normalized spacial score (nSPS) is 10.2. The van der Waals surface area contributed by atoms with E-state index in [1.165, 1.54) is 11.0 Å². The van der Waals surface area contributed by atoms with Crippen LogP contribution < -0.4 is 0 Å². The number of hydrogen-bond donors (Lipinski definition) is 0. The molecular formula is C13H14F2N2O3. The first-order valence-electron chi connectivity index (χ1n) is 5.96. The van der Waals surface area contributed by atoms with Gasteiger partial charge in [0, 0.05) is 13.1 Å². The molecule has 0 saturated heterocycles. The van der Waals surface area contributed by atoms with Crippen molar-refractivity contribution < 1.29 is 18.5 Å². The number of hydrogen-bond acceptors (Lipinski definition) is 3. The molecule has 5 nitrogen and oxygen atoms in total. The van der Waals surface area contributed by atoms with Crippen LogP contribution in [0.3, 0.4) is 0 Å². The highest BCUT2D eigenvalue weighted by atomic mass is 19.1. The Balaban J connectivity index is 3.26. The van der Waals surface area contributed by atoms with Gasteiger partial charge >= 0.3 is 5.69 Å². The lowest BCUT2D eigenvalue weighted by Crippen LogP contribution is -2.32. The third-order valence-corrected chi connectivity index (χ3v) is 2.58. The average Bonchev–Trinajstić information content (AvgIpc) is 2.39. The minimum atomic E-state index is -1.33. The fraction of sp³-hybridized carbons (Fsp3) is 0.308. The van der Waals surface area contributed by atoms with Crippen LogP contribution in [0.15, 0.2) is 24.8 Å². The summed E-state index contributed by atoms with van der Waals surface area (Å²) in [6, 6.07) is 1.11. The van der Waals surface area contributed by atoms with E-state index in [1.54, 1.807) is 0 Å². The second-order valence-corrected chi connectivity index (χ2v) is 4.08. The molecule has 1 aromatic carbocycles. The molecule has 1 amide bonds. The zero-order chi connectivity index (χ0) is 15.3. The van der Waals surface area contributed by atoms with Gasteiger partial charge in [-0.05, 0) is 12.5 Å². The van der Waals surface area contributed by atoms with Gasteiger partial charge < -0.3 is 4.90 Å². The zero-order valence-electron chi connectivity index (χ0n) is 10.9. The summed E-state index contributed by atoms with van der Waals surface area (Å²) >= 11 is 0. The first-order chi connectivity index (χ1) is 9.42. The molecule has 0 aromatic heterocycles. The van der Waals surface area contributed by atoms with Crippen molar-refractivity contribution in [2.75, 3.05) is 13.1 Å². The smallest absolute Gasteiger partial charge is 0.308 e. The van der Waals surface area contributed by atoms with Crippen molar-refractivity contribution in [1.82, 2.24) is 4.90 Å². The second kappa shape index (κ2) is 6.74. The van der Waals surface area contributed by atoms with E-state index in [1.807, 2.05) is 6.92 Å². The van der Waals surface area contributed by atoms with Gasteiger partial charge in [0.05, 0.1) is 16.6 Å². The fourth-order valence-corrected chi connectivity index (χ4v) is 1.74. The molecule has 0 aliphatic heterocycles. The van der Waals surface area contributed by atoms with E-state index in [9.17, 15) is 23.7 Å². The predicted octanol–water partition coefficient (Wildman–Crippen LogP) is 2.91. The Bertz CT molecular complexity index is 547. The summed E-state index contributed by atoms with van der Waals surface area (Å²) in [5.74, 6) is -3.16. The maximum atomic E-state index is 13.9. The molecule has 20 heavy (non-hydrogen) atoms. The predicted molar refractivity (Wildman–Crippen MR) is 69.4 cm³/mol. The van der Waals surface area contributed by atoms with E-state index in [4.69, 9.17) is 0 Å². The summed E-state index contributed by atoms with van der Waals surface area (Å²) < 4.78 is 27.2. The summed E-state index contributed by atoms with van der Waals surface area (Å²) in [6.45, 7) is 5.75. The molecule has 1 aromatic rings. The fourth-order valence-electron chi connectivity index (χ4n) is 1.74. The molecule has 0 atom stereocenters. The van der Waals surface area contributed by atoms with Crippen molar-refractivity contribution >= 4 is 11.6 Å². The number of nitrogens with zero attached hydrogens (tertiary/aromatic N) is 2. The van der Waals surface area contributed by atoms with Gasteiger partial charge in [-0.25, -0.2) is 4.39 Å². The summed E-state index contributed by atoms with van der Waals surface area (Å²) in [7, 11) is 0. The van der Waals surface area contributed by atoms with Gasteiger partial charge in [-0.2, -0.15) is 4.39 Å². The Hall–Kier alpha value is -2.31. The monoisotopic (exact) mass is 284 g/mol. The molecule has 0 spiro atoms. The van der Waals surface area contributed by atoms with Crippen LogP contribution in [0.5, 0.6) is 0 Å². The number of carbonyl (C=O) groups excluding carboxylic acids is 1. The molecule has 7 heteroatoms. The average molecular weight is 284 g/mol. The lowest BCUT2D eigenvalue weighted by atomic mass is 10.1. The largest absolute Gasteiger partial charge is 0.335 e. The van der Waals surface area contributed by atoms with E-state index in [0.29, 0.717) is 25.1 Å². The Morgan fingerprint density at radius 2 is 2.15 bits per heavy atom. The molecule has 0 N–H and O–H groups in total. The molecular weight excluding hydrogens is 270 g/mol. The number of amides is 1. The molecule has 0 heterocycles. The molecule has 1 rings (SSSR count). The minimum absolute atomic E-state index is 0.149. The van der Waals surface area contributed by atoms with Crippen LogP contribution in [0, 0.1) is 21.7 Å². The van der Waals surface area contributed by atoms with E-state index in [-0.39, 0.29) is 6.54 Å². The highest BCUT2D eigenvalue weighted by Gasteiger charge is 2.26. The SMILES string of the molecule is C=CCN(CCC)C(=O)c1cc(F)cc([N+](=O)[O-])c1F. The standard InChI is InChI=1S/C13H14F2N2O3/c1-3-5-16(6-4-2)13(18)10-7-9(14)8-11(12(10)15)17(19)20/h3,7-8H,1,4-6H2,2H3. The number of nitro benzene ring substituents is 1. The number of rotatable bonds is 6. The molecule has 0 aliphatic carbocycles. The summed E-state index contributed by atoms with van der Waals surface area (Å²) in [5.41, 5.74) is -1.70. The molecule has 108 valence electrons. The Morgan fingerprint density at radius 1 is 1.50 bits per heavy atom. The second-order valence-electron chi connectivity index (χ2n) is 4.08. The van der Waals surface area contributed by atoms with Gasteiger partial charge in [-0.15, -0.1) is 6.58 Å². The number of halogens is 2. The molecule has 0 saturated carbocycles. The topological polar surface area (TPSA) is 63.5 Å². The third kappa shape index (κ3) is 3.37. The van der Waals surface area contributed by atoms with Crippen molar-refractivity contribution in [3.63, 3.8) is 0 Å². The van der Waals surface area contributed by atoms with Gasteiger partial charge in [0.25, 0.3) is 5.91 Å².